The highest BCUT2D eigenvalue weighted by Gasteiger charge is 2.35. The molecule has 0 aromatic carbocycles. The molecule has 1 aromatic heterocycles. The van der Waals surface area contributed by atoms with E-state index in [2.05, 4.69) is 9.97 Å². The summed E-state index contributed by atoms with van der Waals surface area (Å²) in [6.45, 7) is 5.94. The lowest BCUT2D eigenvalue weighted by molar-refractivity contribution is -0.131. The first kappa shape index (κ1) is 18.0. The standard InChI is InChI=1S/C14H22N4O3S2/c1-4-18(11-5-6-23(20,21)8-11)13(19)10(3)22-14-16-9(2)7-12(15)17-14/h7,10-11H,4-6,8H2,1-3H3,(H2,15,16,17)/t10-,11-/m0/s1. The predicted molar refractivity (Wildman–Crippen MR) is 90.9 cm³/mol. The molecule has 1 aliphatic rings. The third kappa shape index (κ3) is 4.57. The second kappa shape index (κ2) is 7.04. The zero-order chi connectivity index (χ0) is 17.2. The van der Waals surface area contributed by atoms with Crippen LogP contribution in [0.15, 0.2) is 11.2 Å². The summed E-state index contributed by atoms with van der Waals surface area (Å²) in [4.78, 5) is 22.7. The Bertz CT molecular complexity index is 673. The summed E-state index contributed by atoms with van der Waals surface area (Å²) >= 11 is 1.24. The van der Waals surface area contributed by atoms with Gasteiger partial charge in [-0.15, -0.1) is 0 Å². The number of anilines is 1. The van der Waals surface area contributed by atoms with Crippen molar-refractivity contribution >= 4 is 33.3 Å². The summed E-state index contributed by atoms with van der Waals surface area (Å²) in [6.07, 6.45) is 0.507. The van der Waals surface area contributed by atoms with Crippen molar-refractivity contribution in [3.05, 3.63) is 11.8 Å². The van der Waals surface area contributed by atoms with E-state index in [-0.39, 0.29) is 23.5 Å². The maximum absolute atomic E-state index is 12.7. The van der Waals surface area contributed by atoms with Crippen LogP contribution in [-0.2, 0) is 14.6 Å². The molecule has 1 aromatic rings. The first-order valence-electron chi connectivity index (χ1n) is 7.50. The van der Waals surface area contributed by atoms with Gasteiger partial charge in [-0.05, 0) is 27.2 Å². The van der Waals surface area contributed by atoms with Crippen LogP contribution in [-0.4, -0.2) is 58.5 Å². The Morgan fingerprint density at radius 3 is 2.74 bits per heavy atom. The fourth-order valence-corrected chi connectivity index (χ4v) is 5.31. The maximum atomic E-state index is 12.7. The van der Waals surface area contributed by atoms with Crippen molar-refractivity contribution < 1.29 is 13.2 Å². The van der Waals surface area contributed by atoms with Gasteiger partial charge in [-0.3, -0.25) is 4.79 Å². The van der Waals surface area contributed by atoms with E-state index < -0.39 is 15.1 Å². The zero-order valence-corrected chi connectivity index (χ0v) is 15.2. The van der Waals surface area contributed by atoms with Gasteiger partial charge in [0.15, 0.2) is 15.0 Å². The molecule has 7 nitrogen and oxygen atoms in total. The van der Waals surface area contributed by atoms with E-state index in [9.17, 15) is 13.2 Å². The molecule has 0 radical (unpaired) electrons. The summed E-state index contributed by atoms with van der Waals surface area (Å²) < 4.78 is 23.3. The van der Waals surface area contributed by atoms with Gasteiger partial charge in [-0.1, -0.05) is 11.8 Å². The van der Waals surface area contributed by atoms with Crippen LogP contribution in [0.2, 0.25) is 0 Å². The number of carbonyl (C=O) groups is 1. The van der Waals surface area contributed by atoms with Crippen molar-refractivity contribution in [3.63, 3.8) is 0 Å². The number of hydrogen-bond donors (Lipinski definition) is 1. The lowest BCUT2D eigenvalue weighted by Gasteiger charge is -2.29. The van der Waals surface area contributed by atoms with Crippen LogP contribution < -0.4 is 5.73 Å². The second-order valence-corrected chi connectivity index (χ2v) is 9.19. The van der Waals surface area contributed by atoms with Crippen molar-refractivity contribution in [1.82, 2.24) is 14.9 Å². The van der Waals surface area contributed by atoms with Crippen molar-refractivity contribution in [1.29, 1.82) is 0 Å². The topological polar surface area (TPSA) is 106 Å². The second-order valence-electron chi connectivity index (χ2n) is 5.66. The van der Waals surface area contributed by atoms with E-state index in [0.717, 1.165) is 5.69 Å². The molecule has 9 heteroatoms. The van der Waals surface area contributed by atoms with E-state index in [4.69, 9.17) is 5.73 Å². The fourth-order valence-electron chi connectivity index (χ4n) is 2.67. The van der Waals surface area contributed by atoms with Gasteiger partial charge in [0.2, 0.25) is 5.91 Å². The predicted octanol–water partition coefficient (Wildman–Crippen LogP) is 0.883. The average molecular weight is 358 g/mol. The van der Waals surface area contributed by atoms with Crippen molar-refractivity contribution in [3.8, 4) is 0 Å². The van der Waals surface area contributed by atoms with Crippen LogP contribution in [0.3, 0.4) is 0 Å². The molecule has 0 spiro atoms. The SMILES string of the molecule is CCN(C(=O)[C@H](C)Sc1nc(C)cc(N)n1)[C@H]1CCS(=O)(=O)C1. The van der Waals surface area contributed by atoms with Crippen LogP contribution in [0.25, 0.3) is 0 Å². The highest BCUT2D eigenvalue weighted by molar-refractivity contribution is 8.00. The van der Waals surface area contributed by atoms with Crippen LogP contribution in [0.4, 0.5) is 5.82 Å². The summed E-state index contributed by atoms with van der Waals surface area (Å²) in [6, 6.07) is 1.43. The molecule has 1 amide bonds. The van der Waals surface area contributed by atoms with Crippen LogP contribution in [0.5, 0.6) is 0 Å². The molecule has 0 aliphatic carbocycles. The number of nitrogens with zero attached hydrogens (tertiary/aromatic N) is 3. The zero-order valence-electron chi connectivity index (χ0n) is 13.5. The van der Waals surface area contributed by atoms with Gasteiger partial charge in [0.1, 0.15) is 5.82 Å². The minimum absolute atomic E-state index is 0.0534. The first-order chi connectivity index (χ1) is 10.7. The van der Waals surface area contributed by atoms with Crippen LogP contribution in [0.1, 0.15) is 26.0 Å². The fraction of sp³-hybridized carbons (Fsp3) is 0.643. The van der Waals surface area contributed by atoms with Crippen molar-refractivity contribution in [2.45, 2.75) is 43.6 Å². The Kier molecular flexibility index (Phi) is 5.51. The first-order valence-corrected chi connectivity index (χ1v) is 10.2. The number of thioether (sulfide) groups is 1. The Balaban J connectivity index is 2.08. The summed E-state index contributed by atoms with van der Waals surface area (Å²) in [5.74, 6) is 0.482. The van der Waals surface area contributed by atoms with E-state index in [1.165, 1.54) is 11.8 Å². The molecular weight excluding hydrogens is 336 g/mol. The lowest BCUT2D eigenvalue weighted by atomic mass is 10.2. The van der Waals surface area contributed by atoms with Gasteiger partial charge < -0.3 is 10.6 Å². The van der Waals surface area contributed by atoms with E-state index >= 15 is 0 Å². The third-order valence-electron chi connectivity index (χ3n) is 3.76. The molecule has 23 heavy (non-hydrogen) atoms. The van der Waals surface area contributed by atoms with Gasteiger partial charge in [-0.25, -0.2) is 18.4 Å². The number of rotatable bonds is 5. The number of nitrogens with two attached hydrogens (primary N) is 1. The summed E-state index contributed by atoms with van der Waals surface area (Å²) in [5, 5.41) is 0.0536. The number of amides is 1. The molecule has 2 N–H and O–H groups in total. The minimum Gasteiger partial charge on any atom is -0.384 e. The number of carbonyl (C=O) groups excluding carboxylic acids is 1. The van der Waals surface area contributed by atoms with Crippen molar-refractivity contribution in [2.75, 3.05) is 23.8 Å². The van der Waals surface area contributed by atoms with E-state index in [1.54, 1.807) is 17.9 Å². The number of aromatic nitrogens is 2. The van der Waals surface area contributed by atoms with Gasteiger partial charge in [0.05, 0.1) is 16.8 Å². The molecule has 128 valence electrons. The average Bonchev–Trinajstić information content (AvgIpc) is 2.78. The Hall–Kier alpha value is -1.35. The Morgan fingerprint density at radius 1 is 1.52 bits per heavy atom. The van der Waals surface area contributed by atoms with Gasteiger partial charge in [0.25, 0.3) is 0 Å². The molecule has 1 saturated heterocycles. The monoisotopic (exact) mass is 358 g/mol. The molecule has 2 atom stereocenters. The Morgan fingerprint density at radius 2 is 2.22 bits per heavy atom. The van der Waals surface area contributed by atoms with Gasteiger partial charge in [0, 0.05) is 24.3 Å². The molecular formula is C14H22N4O3S2. The maximum Gasteiger partial charge on any atom is 0.236 e. The quantitative estimate of drug-likeness (QED) is 0.615. The van der Waals surface area contributed by atoms with Gasteiger partial charge in [-0.2, -0.15) is 0 Å². The highest BCUT2D eigenvalue weighted by atomic mass is 32.2. The molecule has 0 saturated carbocycles. The number of aryl methyl sites for hydroxylation is 1. The normalized spacial score (nSPS) is 21.1. The lowest BCUT2D eigenvalue weighted by Crippen LogP contribution is -2.44. The van der Waals surface area contributed by atoms with Crippen LogP contribution in [0, 0.1) is 6.92 Å². The Labute approximate surface area is 141 Å². The number of sulfone groups is 1. The summed E-state index contributed by atoms with van der Waals surface area (Å²) in [5.41, 5.74) is 6.44. The molecule has 2 rings (SSSR count). The van der Waals surface area contributed by atoms with Gasteiger partial charge >= 0.3 is 0 Å². The molecule has 1 aliphatic heterocycles. The largest absolute Gasteiger partial charge is 0.384 e. The third-order valence-corrected chi connectivity index (χ3v) is 6.46. The minimum atomic E-state index is -3.02. The molecule has 1 fully saturated rings. The molecule has 2 heterocycles. The molecule has 0 unspecified atom stereocenters. The van der Waals surface area contributed by atoms with E-state index in [1.807, 2.05) is 13.8 Å². The number of hydrogen-bond acceptors (Lipinski definition) is 7. The smallest absolute Gasteiger partial charge is 0.236 e. The number of nitrogen functional groups attached to an aromatic ring is 1. The summed E-state index contributed by atoms with van der Waals surface area (Å²) in [7, 11) is -3.02. The molecule has 0 bridgehead atoms. The van der Waals surface area contributed by atoms with Crippen LogP contribution >= 0.6 is 11.8 Å². The highest BCUT2D eigenvalue weighted by Crippen LogP contribution is 2.25. The van der Waals surface area contributed by atoms with Crippen molar-refractivity contribution in [2.24, 2.45) is 0 Å². The van der Waals surface area contributed by atoms with E-state index in [0.29, 0.717) is 23.9 Å².